The lowest BCUT2D eigenvalue weighted by Crippen LogP contribution is -2.47. The second-order valence-electron chi connectivity index (χ2n) is 6.44. The van der Waals surface area contributed by atoms with Crippen LogP contribution in [0.1, 0.15) is 62.1 Å². The van der Waals surface area contributed by atoms with Gasteiger partial charge in [0.05, 0.1) is 6.42 Å². The zero-order chi connectivity index (χ0) is 17.8. The van der Waals surface area contributed by atoms with E-state index in [1.807, 2.05) is 0 Å². The Bertz CT molecular complexity index is 554. The van der Waals surface area contributed by atoms with Gasteiger partial charge >= 0.3 is 6.18 Å². The van der Waals surface area contributed by atoms with E-state index >= 15 is 0 Å². The topological polar surface area (TPSA) is 62.2 Å². The van der Waals surface area contributed by atoms with Crippen LogP contribution in [-0.4, -0.2) is 28.2 Å². The third-order valence-corrected chi connectivity index (χ3v) is 5.44. The summed E-state index contributed by atoms with van der Waals surface area (Å²) in [4.78, 5) is 15.9. The Morgan fingerprint density at radius 1 is 1.29 bits per heavy atom. The molecular formula is C16H23F3N2O2S. The molecule has 0 bridgehead atoms. The number of alkyl halides is 3. The van der Waals surface area contributed by atoms with Gasteiger partial charge in [0.25, 0.3) is 0 Å². The minimum absolute atomic E-state index is 0.117. The average Bonchev–Trinajstić information content (AvgIpc) is 2.87. The summed E-state index contributed by atoms with van der Waals surface area (Å²) in [6, 6.07) is -0.117. The first-order valence-electron chi connectivity index (χ1n) is 8.23. The number of nitrogens with one attached hydrogen (secondary N) is 1. The first kappa shape index (κ1) is 19.2. The molecule has 1 aromatic heterocycles. The maximum Gasteiger partial charge on any atom is 0.424 e. The van der Waals surface area contributed by atoms with Crippen molar-refractivity contribution in [1.82, 2.24) is 10.3 Å². The van der Waals surface area contributed by atoms with E-state index in [0.717, 1.165) is 44.9 Å². The van der Waals surface area contributed by atoms with Gasteiger partial charge in [0.2, 0.25) is 11.5 Å². The summed E-state index contributed by atoms with van der Waals surface area (Å²) >= 11 is 0.716. The average molecular weight is 364 g/mol. The predicted molar refractivity (Wildman–Crippen MR) is 85.7 cm³/mol. The van der Waals surface area contributed by atoms with E-state index in [0.29, 0.717) is 17.0 Å². The molecule has 8 heteroatoms. The third-order valence-electron chi connectivity index (χ3n) is 4.33. The van der Waals surface area contributed by atoms with Crippen molar-refractivity contribution in [2.24, 2.45) is 0 Å². The minimum atomic E-state index is -4.96. The minimum Gasteiger partial charge on any atom is -0.374 e. The highest BCUT2D eigenvalue weighted by atomic mass is 32.1. The normalized spacial score (nSPS) is 20.0. The number of rotatable bonds is 4. The van der Waals surface area contributed by atoms with Gasteiger partial charge in [-0.15, -0.1) is 11.3 Å². The zero-order valence-corrected chi connectivity index (χ0v) is 14.5. The second kappa shape index (κ2) is 7.82. The van der Waals surface area contributed by atoms with Crippen molar-refractivity contribution in [2.75, 3.05) is 0 Å². The van der Waals surface area contributed by atoms with Crippen LogP contribution in [-0.2, 0) is 10.4 Å². The van der Waals surface area contributed by atoms with Gasteiger partial charge in [-0.2, -0.15) is 13.2 Å². The molecule has 1 atom stereocenters. The number of aromatic nitrogens is 1. The first-order chi connectivity index (χ1) is 11.2. The predicted octanol–water partition coefficient (Wildman–Crippen LogP) is 3.82. The number of carbonyl (C=O) groups is 1. The largest absolute Gasteiger partial charge is 0.424 e. The molecule has 1 aliphatic rings. The first-order valence-corrected chi connectivity index (χ1v) is 9.11. The van der Waals surface area contributed by atoms with E-state index in [2.05, 4.69) is 10.3 Å². The van der Waals surface area contributed by atoms with Gasteiger partial charge in [-0.3, -0.25) is 4.79 Å². The molecule has 136 valence electrons. The van der Waals surface area contributed by atoms with Crippen molar-refractivity contribution in [3.8, 4) is 0 Å². The Hall–Kier alpha value is -1.15. The summed E-state index contributed by atoms with van der Waals surface area (Å²) in [6.07, 6.45) is 0.765. The van der Waals surface area contributed by atoms with Crippen molar-refractivity contribution >= 4 is 17.2 Å². The van der Waals surface area contributed by atoms with Crippen molar-refractivity contribution < 1.29 is 23.1 Å². The van der Waals surface area contributed by atoms with Crippen LogP contribution in [0.25, 0.3) is 0 Å². The number of hydrogen-bond acceptors (Lipinski definition) is 4. The number of carbonyl (C=O) groups excluding carboxylic acids is 1. The van der Waals surface area contributed by atoms with Gasteiger partial charge in [0.1, 0.15) is 5.01 Å². The van der Waals surface area contributed by atoms with Crippen LogP contribution in [0.15, 0.2) is 5.38 Å². The lowest BCUT2D eigenvalue weighted by atomic mass is 9.95. The molecule has 1 heterocycles. The summed E-state index contributed by atoms with van der Waals surface area (Å²) in [5.41, 5.74) is -2.85. The lowest BCUT2D eigenvalue weighted by Gasteiger charge is -2.29. The number of amides is 1. The summed E-state index contributed by atoms with van der Waals surface area (Å²) in [5.74, 6) is -0.784. The molecule has 1 aliphatic carbocycles. The molecule has 0 aromatic carbocycles. The number of aryl methyl sites for hydroxylation is 1. The van der Waals surface area contributed by atoms with Gasteiger partial charge in [-0.25, -0.2) is 4.98 Å². The van der Waals surface area contributed by atoms with Gasteiger partial charge in [-0.05, 0) is 19.8 Å². The molecule has 4 nitrogen and oxygen atoms in total. The Labute approximate surface area is 143 Å². The lowest BCUT2D eigenvalue weighted by molar-refractivity contribution is -0.267. The van der Waals surface area contributed by atoms with E-state index in [1.54, 1.807) is 6.92 Å². The Morgan fingerprint density at radius 2 is 1.88 bits per heavy atom. The smallest absolute Gasteiger partial charge is 0.374 e. The highest BCUT2D eigenvalue weighted by Crippen LogP contribution is 2.42. The molecule has 0 saturated heterocycles. The molecule has 0 aliphatic heterocycles. The maximum atomic E-state index is 13.4. The number of thiazole rings is 1. The molecule has 0 radical (unpaired) electrons. The van der Waals surface area contributed by atoms with Crippen LogP contribution in [0, 0.1) is 6.92 Å². The quantitative estimate of drug-likeness (QED) is 0.854. The molecule has 0 spiro atoms. The highest BCUT2D eigenvalue weighted by molar-refractivity contribution is 7.09. The van der Waals surface area contributed by atoms with Gasteiger partial charge in [-0.1, -0.05) is 32.1 Å². The van der Waals surface area contributed by atoms with E-state index in [9.17, 15) is 23.1 Å². The maximum absolute atomic E-state index is 13.4. The Kier molecular flexibility index (Phi) is 6.25. The van der Waals surface area contributed by atoms with Crippen molar-refractivity contribution in [3.63, 3.8) is 0 Å². The van der Waals surface area contributed by atoms with Gasteiger partial charge in [0.15, 0.2) is 0 Å². The summed E-state index contributed by atoms with van der Waals surface area (Å²) in [6.45, 7) is 1.55. The monoisotopic (exact) mass is 364 g/mol. The molecule has 1 aromatic rings. The Morgan fingerprint density at radius 3 is 2.38 bits per heavy atom. The number of nitrogens with zero attached hydrogens (tertiary/aromatic N) is 1. The molecule has 1 unspecified atom stereocenters. The molecule has 2 N–H and O–H groups in total. The fraction of sp³-hybridized carbons (Fsp3) is 0.750. The van der Waals surface area contributed by atoms with Crippen LogP contribution in [0.3, 0.4) is 0 Å². The molecule has 1 amide bonds. The van der Waals surface area contributed by atoms with Crippen LogP contribution in [0.4, 0.5) is 13.2 Å². The van der Waals surface area contributed by atoms with Crippen molar-refractivity contribution in [2.45, 2.75) is 76.1 Å². The van der Waals surface area contributed by atoms with E-state index in [1.165, 1.54) is 5.38 Å². The van der Waals surface area contributed by atoms with E-state index in [-0.39, 0.29) is 6.04 Å². The van der Waals surface area contributed by atoms with Gasteiger partial charge in [0, 0.05) is 17.1 Å². The fourth-order valence-corrected chi connectivity index (χ4v) is 3.87. The van der Waals surface area contributed by atoms with Crippen molar-refractivity contribution in [3.05, 3.63) is 16.1 Å². The molecule has 2 rings (SSSR count). The van der Waals surface area contributed by atoms with Crippen LogP contribution >= 0.6 is 11.3 Å². The standard InChI is InChI=1S/C16H23F3N2O2S/c1-11-10-24-14(20-11)15(23,16(17,18)19)9-13(22)21-12-7-5-3-2-4-6-8-12/h10,12,23H,2-9H2,1H3,(H,21,22). The van der Waals surface area contributed by atoms with Crippen LogP contribution in [0.2, 0.25) is 0 Å². The fourth-order valence-electron chi connectivity index (χ4n) is 2.95. The molecule has 1 fully saturated rings. The third kappa shape index (κ3) is 4.69. The zero-order valence-electron chi connectivity index (χ0n) is 13.7. The van der Waals surface area contributed by atoms with E-state index in [4.69, 9.17) is 0 Å². The molecule has 24 heavy (non-hydrogen) atoms. The molecule has 1 saturated carbocycles. The molecular weight excluding hydrogens is 341 g/mol. The van der Waals surface area contributed by atoms with Crippen molar-refractivity contribution in [1.29, 1.82) is 0 Å². The Balaban J connectivity index is 2.07. The number of aliphatic hydroxyl groups is 1. The summed E-state index contributed by atoms with van der Waals surface area (Å²) in [5, 5.41) is 13.8. The highest BCUT2D eigenvalue weighted by Gasteiger charge is 2.58. The second-order valence-corrected chi connectivity index (χ2v) is 7.30. The summed E-state index contributed by atoms with van der Waals surface area (Å²) < 4.78 is 40.2. The van der Waals surface area contributed by atoms with Gasteiger partial charge < -0.3 is 10.4 Å². The van der Waals surface area contributed by atoms with Crippen LogP contribution < -0.4 is 5.32 Å². The number of hydrogen-bond donors (Lipinski definition) is 2. The van der Waals surface area contributed by atoms with Crippen LogP contribution in [0.5, 0.6) is 0 Å². The summed E-state index contributed by atoms with van der Waals surface area (Å²) in [7, 11) is 0. The SMILES string of the molecule is Cc1csc(C(O)(CC(=O)NC2CCCCCCC2)C(F)(F)F)n1. The van der Waals surface area contributed by atoms with E-state index < -0.39 is 29.1 Å². The number of halogens is 3.